The van der Waals surface area contributed by atoms with Gasteiger partial charge in [-0.3, -0.25) is 20.2 Å². The monoisotopic (exact) mass is 522 g/mol. The number of hydrogen-bond donors (Lipinski definition) is 2. The first kappa shape index (κ1) is 22.6. The molecule has 0 radical (unpaired) electrons. The van der Waals surface area contributed by atoms with Gasteiger partial charge in [0, 0.05) is 10.0 Å². The molecule has 0 aliphatic rings. The predicted molar refractivity (Wildman–Crippen MR) is 116 cm³/mol. The van der Waals surface area contributed by atoms with Gasteiger partial charge in [0.05, 0.1) is 20.4 Å². The molecule has 4 aromatic rings. The van der Waals surface area contributed by atoms with Gasteiger partial charge in [0.1, 0.15) is 0 Å². The molecule has 2 N–H and O–H groups in total. The summed E-state index contributed by atoms with van der Waals surface area (Å²) in [6.45, 7) is 0. The lowest BCUT2D eigenvalue weighted by molar-refractivity contribution is -0.204. The Kier molecular flexibility index (Phi) is 5.74. The summed E-state index contributed by atoms with van der Waals surface area (Å²) < 4.78 is 58.1. The van der Waals surface area contributed by atoms with Crippen molar-refractivity contribution >= 4 is 88.4 Å². The number of amides is 2. The lowest BCUT2D eigenvalue weighted by Crippen LogP contribution is -2.56. The molecule has 0 aliphatic heterocycles. The number of carbonyl (C=O) groups excluding carboxylic acids is 2. The average molecular weight is 523 g/mol. The summed E-state index contributed by atoms with van der Waals surface area (Å²) in [7, 11) is 0. The molecular weight excluding hydrogens is 515 g/mol. The van der Waals surface area contributed by atoms with E-state index >= 15 is 0 Å². The summed E-state index contributed by atoms with van der Waals surface area (Å²) >= 11 is 13.1. The first-order valence-corrected chi connectivity index (χ1v) is 10.9. The third-order valence-electron chi connectivity index (χ3n) is 4.11. The Morgan fingerprint density at radius 2 is 1.12 bits per heavy atom. The van der Waals surface area contributed by atoms with Gasteiger partial charge in [0.25, 0.3) is 0 Å². The van der Waals surface area contributed by atoms with Gasteiger partial charge in [-0.25, -0.2) is 9.97 Å². The molecule has 166 valence electrons. The Bertz CT molecular complexity index is 1270. The largest absolute Gasteiger partial charge is 0.396 e. The van der Waals surface area contributed by atoms with Crippen LogP contribution in [0.5, 0.6) is 0 Å². The van der Waals surface area contributed by atoms with Crippen molar-refractivity contribution in [2.24, 2.45) is 0 Å². The van der Waals surface area contributed by atoms with Crippen molar-refractivity contribution in [3.8, 4) is 0 Å². The average Bonchev–Trinajstić information content (AvgIpc) is 3.29. The first-order chi connectivity index (χ1) is 15.0. The maximum Gasteiger partial charge on any atom is 0.396 e. The molecule has 0 bridgehead atoms. The van der Waals surface area contributed by atoms with Crippen LogP contribution in [-0.2, 0) is 9.59 Å². The molecule has 6 nitrogen and oxygen atoms in total. The summed E-state index contributed by atoms with van der Waals surface area (Å²) in [4.78, 5) is 31.6. The van der Waals surface area contributed by atoms with Crippen LogP contribution in [0.4, 0.5) is 27.8 Å². The summed E-state index contributed by atoms with van der Waals surface area (Å²) in [5.41, 5.74) is 0.636. The highest BCUT2D eigenvalue weighted by Gasteiger charge is 2.67. The van der Waals surface area contributed by atoms with Crippen LogP contribution in [0.1, 0.15) is 0 Å². The molecule has 0 fully saturated rings. The molecule has 2 heterocycles. The fraction of sp³-hybridized carbons (Fsp3) is 0.111. The fourth-order valence-corrected chi connectivity index (χ4v) is 4.81. The molecular formula is C18H8Cl2F4N4O2S2. The number of nitrogens with zero attached hydrogens (tertiary/aromatic N) is 2. The number of nitrogens with one attached hydrogen (secondary N) is 2. The third kappa shape index (κ3) is 4.10. The van der Waals surface area contributed by atoms with E-state index in [0.29, 0.717) is 30.5 Å². The Hall–Kier alpha value is -2.54. The van der Waals surface area contributed by atoms with Gasteiger partial charge < -0.3 is 0 Å². The maximum absolute atomic E-state index is 14.3. The summed E-state index contributed by atoms with van der Waals surface area (Å²) in [5.74, 6) is -15.5. The summed E-state index contributed by atoms with van der Waals surface area (Å²) in [6.07, 6.45) is 0. The normalized spacial score (nSPS) is 12.3. The number of anilines is 2. The van der Waals surface area contributed by atoms with Crippen molar-refractivity contribution in [2.45, 2.75) is 11.8 Å². The quantitative estimate of drug-likeness (QED) is 0.312. The van der Waals surface area contributed by atoms with E-state index in [0.717, 1.165) is 22.7 Å². The third-order valence-corrected chi connectivity index (χ3v) is 6.44. The smallest absolute Gasteiger partial charge is 0.296 e. The zero-order valence-corrected chi connectivity index (χ0v) is 18.4. The summed E-state index contributed by atoms with van der Waals surface area (Å²) in [6, 6.07) is 8.84. The molecule has 2 amide bonds. The second-order valence-electron chi connectivity index (χ2n) is 6.32. The van der Waals surface area contributed by atoms with Crippen LogP contribution in [-0.4, -0.2) is 33.6 Å². The zero-order chi connectivity index (χ0) is 23.3. The van der Waals surface area contributed by atoms with E-state index in [-0.39, 0.29) is 10.3 Å². The number of benzene rings is 2. The van der Waals surface area contributed by atoms with Crippen LogP contribution in [0.25, 0.3) is 20.4 Å². The molecule has 0 unspecified atom stereocenters. The van der Waals surface area contributed by atoms with Crippen molar-refractivity contribution in [3.63, 3.8) is 0 Å². The van der Waals surface area contributed by atoms with Crippen LogP contribution in [0, 0.1) is 0 Å². The second kappa shape index (κ2) is 8.10. The first-order valence-electron chi connectivity index (χ1n) is 8.48. The topological polar surface area (TPSA) is 84.0 Å². The molecule has 2 aromatic carbocycles. The van der Waals surface area contributed by atoms with Crippen LogP contribution < -0.4 is 10.6 Å². The van der Waals surface area contributed by atoms with E-state index in [9.17, 15) is 27.2 Å². The number of carbonyl (C=O) groups is 2. The molecule has 2 aromatic heterocycles. The van der Waals surface area contributed by atoms with Gasteiger partial charge in [-0.1, -0.05) is 45.9 Å². The van der Waals surface area contributed by atoms with Crippen molar-refractivity contribution in [2.75, 3.05) is 10.6 Å². The van der Waals surface area contributed by atoms with Gasteiger partial charge >= 0.3 is 23.7 Å². The summed E-state index contributed by atoms with van der Waals surface area (Å²) in [5, 5.41) is 3.23. The predicted octanol–water partition coefficient (Wildman–Crippen LogP) is 6.06. The molecule has 0 aliphatic carbocycles. The molecule has 4 rings (SSSR count). The number of aromatic nitrogens is 2. The van der Waals surface area contributed by atoms with Gasteiger partial charge in [0.15, 0.2) is 10.3 Å². The van der Waals surface area contributed by atoms with E-state index in [1.54, 1.807) is 10.6 Å². The van der Waals surface area contributed by atoms with Gasteiger partial charge in [-0.05, 0) is 36.4 Å². The SMILES string of the molecule is O=C(Nc1nc2ccc(Cl)cc2s1)C(F)(F)C(F)(F)C(=O)Nc1nc2ccc(Cl)cc2s1. The highest BCUT2D eigenvalue weighted by Crippen LogP contribution is 2.38. The Morgan fingerprint density at radius 1 is 0.750 bits per heavy atom. The molecule has 0 spiro atoms. The van der Waals surface area contributed by atoms with E-state index in [4.69, 9.17) is 23.2 Å². The van der Waals surface area contributed by atoms with Crippen molar-refractivity contribution in [1.82, 2.24) is 9.97 Å². The minimum Gasteiger partial charge on any atom is -0.296 e. The van der Waals surface area contributed by atoms with Gasteiger partial charge in [0.2, 0.25) is 0 Å². The van der Waals surface area contributed by atoms with E-state index in [2.05, 4.69) is 9.97 Å². The van der Waals surface area contributed by atoms with Gasteiger partial charge in [-0.2, -0.15) is 17.6 Å². The minimum absolute atomic E-state index is 0.318. The minimum atomic E-state index is -5.38. The highest BCUT2D eigenvalue weighted by molar-refractivity contribution is 7.22. The van der Waals surface area contributed by atoms with Crippen molar-refractivity contribution < 1.29 is 27.2 Å². The van der Waals surface area contributed by atoms with Crippen LogP contribution in [0.15, 0.2) is 36.4 Å². The lowest BCUT2D eigenvalue weighted by Gasteiger charge is -2.23. The van der Waals surface area contributed by atoms with E-state index in [1.807, 2.05) is 0 Å². The van der Waals surface area contributed by atoms with E-state index < -0.39 is 23.7 Å². The second-order valence-corrected chi connectivity index (χ2v) is 9.25. The molecule has 0 saturated carbocycles. The van der Waals surface area contributed by atoms with Gasteiger partial charge in [-0.15, -0.1) is 0 Å². The molecule has 14 heteroatoms. The lowest BCUT2D eigenvalue weighted by atomic mass is 10.1. The van der Waals surface area contributed by atoms with E-state index in [1.165, 1.54) is 36.4 Å². The number of fused-ring (bicyclic) bond motifs is 2. The Morgan fingerprint density at radius 3 is 1.50 bits per heavy atom. The highest BCUT2D eigenvalue weighted by atomic mass is 35.5. The molecule has 0 atom stereocenters. The Labute approximate surface area is 194 Å². The maximum atomic E-state index is 14.3. The van der Waals surface area contributed by atoms with Crippen molar-refractivity contribution in [1.29, 1.82) is 0 Å². The number of halogens is 6. The fourth-order valence-electron chi connectivity index (χ4n) is 2.54. The van der Waals surface area contributed by atoms with Crippen LogP contribution in [0.3, 0.4) is 0 Å². The van der Waals surface area contributed by atoms with Crippen molar-refractivity contribution in [3.05, 3.63) is 46.4 Å². The molecule has 32 heavy (non-hydrogen) atoms. The zero-order valence-electron chi connectivity index (χ0n) is 15.3. The Balaban J connectivity index is 1.52. The standard InChI is InChI=1S/C18H8Cl2F4N4O2S2/c19-7-1-3-9-11(5-7)31-15(25-9)27-13(29)17(21,22)18(23,24)14(30)28-16-26-10-4-2-8(20)6-12(10)32-16/h1-6H,(H,25,27,29)(H,26,28,30). The number of alkyl halides is 4. The number of thiazole rings is 2. The van der Waals surface area contributed by atoms with Crippen LogP contribution >= 0.6 is 45.9 Å². The van der Waals surface area contributed by atoms with Crippen LogP contribution in [0.2, 0.25) is 10.0 Å². The number of hydrogen-bond acceptors (Lipinski definition) is 6. The molecule has 0 saturated heterocycles. The number of rotatable bonds is 5.